The number of benzene rings is 1. The van der Waals surface area contributed by atoms with Crippen LogP contribution in [0.4, 0.5) is 0 Å². The van der Waals surface area contributed by atoms with Gasteiger partial charge < -0.3 is 15.2 Å². The molecule has 2 rings (SSSR count). The van der Waals surface area contributed by atoms with E-state index >= 15 is 0 Å². The highest BCUT2D eigenvalue weighted by atomic mass is 32.2. The number of aliphatic carboxylic acids is 1. The first kappa shape index (κ1) is 20.8. The molecule has 0 saturated carbocycles. The van der Waals surface area contributed by atoms with Crippen LogP contribution in [-0.2, 0) is 19.6 Å². The Morgan fingerprint density at radius 2 is 1.96 bits per heavy atom. The van der Waals surface area contributed by atoms with Gasteiger partial charge in [-0.05, 0) is 38.5 Å². The van der Waals surface area contributed by atoms with Crippen LogP contribution in [0.1, 0.15) is 47.4 Å². The van der Waals surface area contributed by atoms with Crippen molar-refractivity contribution < 1.29 is 32.6 Å². The fraction of sp³-hybridized carbons (Fsp3) is 0.471. The number of methoxy groups -OCH3 is 1. The van der Waals surface area contributed by atoms with Crippen LogP contribution in [-0.4, -0.2) is 61.4 Å². The minimum Gasteiger partial charge on any atom is -0.481 e. The van der Waals surface area contributed by atoms with E-state index in [-0.39, 0.29) is 42.0 Å². The van der Waals surface area contributed by atoms with Crippen LogP contribution in [0.25, 0.3) is 0 Å². The van der Waals surface area contributed by atoms with Gasteiger partial charge in [-0.1, -0.05) is 0 Å². The van der Waals surface area contributed by atoms with Crippen molar-refractivity contribution in [1.29, 1.82) is 0 Å². The van der Waals surface area contributed by atoms with Gasteiger partial charge in [0, 0.05) is 24.6 Å². The molecular weight excluding hydrogens is 376 g/mol. The highest BCUT2D eigenvalue weighted by Gasteiger charge is 2.41. The topological polar surface area (TPSA) is 130 Å². The number of carbonyl (C=O) groups excluding carboxylic acids is 2. The quantitative estimate of drug-likeness (QED) is 0.664. The second kappa shape index (κ2) is 7.65. The molecule has 0 bridgehead atoms. The molecule has 27 heavy (non-hydrogen) atoms. The summed E-state index contributed by atoms with van der Waals surface area (Å²) in [6, 6.07) is 3.84. The summed E-state index contributed by atoms with van der Waals surface area (Å²) in [5, 5.41) is 11.5. The number of nitrogens with zero attached hydrogens (tertiary/aromatic N) is 1. The van der Waals surface area contributed by atoms with Crippen LogP contribution in [0.15, 0.2) is 23.1 Å². The molecule has 1 heterocycles. The van der Waals surface area contributed by atoms with Crippen LogP contribution in [0.3, 0.4) is 0 Å². The number of hydrogen-bond donors (Lipinski definition) is 2. The molecule has 148 valence electrons. The highest BCUT2D eigenvalue weighted by molar-refractivity contribution is 7.90. The largest absolute Gasteiger partial charge is 0.481 e. The van der Waals surface area contributed by atoms with E-state index in [2.05, 4.69) is 5.32 Å². The van der Waals surface area contributed by atoms with E-state index < -0.39 is 33.3 Å². The van der Waals surface area contributed by atoms with Gasteiger partial charge in [-0.15, -0.1) is 0 Å². The lowest BCUT2D eigenvalue weighted by Gasteiger charge is -2.25. The average molecular weight is 398 g/mol. The molecule has 0 radical (unpaired) electrons. The highest BCUT2D eigenvalue weighted by Crippen LogP contribution is 2.31. The molecule has 1 aliphatic rings. The maximum Gasteiger partial charge on any atom is 0.303 e. The van der Waals surface area contributed by atoms with Crippen LogP contribution < -0.4 is 5.32 Å². The van der Waals surface area contributed by atoms with Gasteiger partial charge in [0.15, 0.2) is 0 Å². The fourth-order valence-electron chi connectivity index (χ4n) is 2.67. The van der Waals surface area contributed by atoms with Crippen molar-refractivity contribution in [3.05, 3.63) is 29.3 Å². The molecule has 1 aromatic carbocycles. The van der Waals surface area contributed by atoms with Crippen molar-refractivity contribution in [3.63, 3.8) is 0 Å². The summed E-state index contributed by atoms with van der Waals surface area (Å²) in [5.41, 5.74) is -0.719. The van der Waals surface area contributed by atoms with Gasteiger partial charge in [-0.2, -0.15) is 0 Å². The minimum atomic E-state index is -4.04. The van der Waals surface area contributed by atoms with Crippen LogP contribution in [0, 0.1) is 0 Å². The maximum absolute atomic E-state index is 12.6. The molecule has 0 aliphatic carbocycles. The zero-order valence-corrected chi connectivity index (χ0v) is 16.1. The van der Waals surface area contributed by atoms with Crippen molar-refractivity contribution in [2.75, 3.05) is 20.3 Å². The molecule has 0 aromatic heterocycles. The second-order valence-electron chi connectivity index (χ2n) is 6.82. The summed E-state index contributed by atoms with van der Waals surface area (Å²) in [4.78, 5) is 35.3. The number of ether oxygens (including phenoxy) is 1. The smallest absolute Gasteiger partial charge is 0.303 e. The number of nitrogens with one attached hydrogen (secondary N) is 1. The molecule has 10 heteroatoms. The van der Waals surface area contributed by atoms with E-state index in [1.54, 1.807) is 13.8 Å². The van der Waals surface area contributed by atoms with E-state index in [0.29, 0.717) is 0 Å². The van der Waals surface area contributed by atoms with Crippen molar-refractivity contribution in [2.45, 2.75) is 37.1 Å². The number of fused-ring (bicyclic) bond motifs is 1. The van der Waals surface area contributed by atoms with Crippen LogP contribution >= 0.6 is 0 Å². The second-order valence-corrected chi connectivity index (χ2v) is 8.65. The maximum atomic E-state index is 12.6. The zero-order valence-electron chi connectivity index (χ0n) is 15.3. The van der Waals surface area contributed by atoms with Crippen LogP contribution in [0.5, 0.6) is 0 Å². The SMILES string of the molecule is COCCN1C(=O)c2ccc(C(=O)NC(C)(C)CCC(=O)O)cc2S1(=O)=O. The summed E-state index contributed by atoms with van der Waals surface area (Å²) in [6.45, 7) is 3.29. The van der Waals surface area contributed by atoms with Crippen LogP contribution in [0.2, 0.25) is 0 Å². The van der Waals surface area contributed by atoms with Crippen molar-refractivity contribution >= 4 is 27.8 Å². The molecule has 0 spiro atoms. The van der Waals surface area contributed by atoms with Gasteiger partial charge in [-0.3, -0.25) is 14.4 Å². The summed E-state index contributed by atoms with van der Waals surface area (Å²) < 4.78 is 30.7. The third-order valence-corrected chi connectivity index (χ3v) is 6.01. The standard InChI is InChI=1S/C17H22N2O7S/c1-17(2,7-6-14(20)21)18-15(22)11-4-5-12-13(10-11)27(24,25)19(16(12)23)8-9-26-3/h4-5,10H,6-9H2,1-3H3,(H,18,22)(H,20,21). The number of amides is 2. The molecule has 1 aromatic rings. The Hall–Kier alpha value is -2.46. The summed E-state index contributed by atoms with van der Waals surface area (Å²) in [6.07, 6.45) is 0.0927. The lowest BCUT2D eigenvalue weighted by Crippen LogP contribution is -2.43. The number of rotatable bonds is 8. The molecular formula is C17H22N2O7S. The molecule has 0 atom stereocenters. The minimum absolute atomic E-state index is 0.00721. The number of hydrogen-bond acceptors (Lipinski definition) is 6. The van der Waals surface area contributed by atoms with Gasteiger partial charge in [0.05, 0.1) is 18.7 Å². The molecule has 2 N–H and O–H groups in total. The third-order valence-electron chi connectivity index (χ3n) is 4.18. The van der Waals surface area contributed by atoms with E-state index in [0.717, 1.165) is 10.4 Å². The molecule has 0 saturated heterocycles. The summed E-state index contributed by atoms with van der Waals surface area (Å²) in [5.74, 6) is -2.18. The fourth-order valence-corrected chi connectivity index (χ4v) is 4.25. The Bertz CT molecular complexity index is 877. The Morgan fingerprint density at radius 1 is 1.30 bits per heavy atom. The average Bonchev–Trinajstić information content (AvgIpc) is 2.77. The predicted molar refractivity (Wildman–Crippen MR) is 95.0 cm³/mol. The Balaban J connectivity index is 2.25. The molecule has 2 amide bonds. The lowest BCUT2D eigenvalue weighted by atomic mass is 9.97. The van der Waals surface area contributed by atoms with Gasteiger partial charge in [-0.25, -0.2) is 12.7 Å². The Labute approximate surface area is 157 Å². The number of carbonyl (C=O) groups is 3. The monoisotopic (exact) mass is 398 g/mol. The van der Waals surface area contributed by atoms with E-state index in [4.69, 9.17) is 9.84 Å². The first-order chi connectivity index (χ1) is 12.5. The first-order valence-corrected chi connectivity index (χ1v) is 9.68. The van der Waals surface area contributed by atoms with Crippen molar-refractivity contribution in [2.24, 2.45) is 0 Å². The lowest BCUT2D eigenvalue weighted by molar-refractivity contribution is -0.137. The predicted octanol–water partition coefficient (Wildman–Crippen LogP) is 0.851. The molecule has 0 fully saturated rings. The normalized spacial score (nSPS) is 15.5. The number of sulfonamides is 1. The number of carboxylic acid groups (broad SMARTS) is 1. The van der Waals surface area contributed by atoms with E-state index in [9.17, 15) is 22.8 Å². The summed E-state index contributed by atoms with van der Waals surface area (Å²) >= 11 is 0. The van der Waals surface area contributed by atoms with Crippen molar-refractivity contribution in [3.8, 4) is 0 Å². The Morgan fingerprint density at radius 3 is 2.56 bits per heavy atom. The first-order valence-electron chi connectivity index (χ1n) is 8.24. The third kappa shape index (κ3) is 4.45. The molecule has 0 unspecified atom stereocenters. The van der Waals surface area contributed by atoms with Gasteiger partial charge in [0.2, 0.25) is 0 Å². The van der Waals surface area contributed by atoms with Crippen molar-refractivity contribution in [1.82, 2.24) is 9.62 Å². The van der Waals surface area contributed by atoms with Gasteiger partial charge in [0.1, 0.15) is 4.90 Å². The van der Waals surface area contributed by atoms with E-state index in [1.165, 1.54) is 19.2 Å². The zero-order chi connectivity index (χ0) is 20.4. The molecule has 9 nitrogen and oxygen atoms in total. The number of carboxylic acids is 1. The van der Waals surface area contributed by atoms with Gasteiger partial charge in [0.25, 0.3) is 21.8 Å². The molecule has 1 aliphatic heterocycles. The Kier molecular flexibility index (Phi) is 5.91. The summed E-state index contributed by atoms with van der Waals surface area (Å²) in [7, 11) is -2.65. The van der Waals surface area contributed by atoms with Gasteiger partial charge >= 0.3 is 5.97 Å². The van der Waals surface area contributed by atoms with E-state index in [1.807, 2.05) is 0 Å².